The van der Waals surface area contributed by atoms with Crippen LogP contribution in [0.1, 0.15) is 33.2 Å². The molecule has 2 N–H and O–H groups in total. The number of anilines is 2. The second-order valence-electron chi connectivity index (χ2n) is 6.26. The highest BCUT2D eigenvalue weighted by atomic mass is 35.5. The highest BCUT2D eigenvalue weighted by Gasteiger charge is 2.26. The van der Waals surface area contributed by atoms with Gasteiger partial charge in [-0.25, -0.2) is 4.79 Å². The molecule has 1 atom stereocenters. The van der Waals surface area contributed by atoms with Crippen molar-refractivity contribution in [3.63, 3.8) is 0 Å². The quantitative estimate of drug-likeness (QED) is 0.823. The standard InChI is InChI=1S/C18H21ClN4O3/c1-10-7-13(18(24)25-3)11(2)6-12(10)15-9-23(4-5-26-15)14-8-16(19)21-22-17(14)20/h6-8,15H,4-5,9H2,1-3H3,(H2,20,22)/t15-/m1/s1. The fourth-order valence-corrected chi connectivity index (χ4v) is 3.33. The number of ether oxygens (including phenoxy) is 2. The smallest absolute Gasteiger partial charge is 0.338 e. The zero-order valence-corrected chi connectivity index (χ0v) is 15.7. The fraction of sp³-hybridized carbons (Fsp3) is 0.389. The lowest BCUT2D eigenvalue weighted by atomic mass is 9.95. The Morgan fingerprint density at radius 1 is 1.31 bits per heavy atom. The Balaban J connectivity index is 1.89. The molecule has 1 aliphatic rings. The minimum atomic E-state index is -0.339. The topological polar surface area (TPSA) is 90.6 Å². The van der Waals surface area contributed by atoms with E-state index >= 15 is 0 Å². The Hall–Kier alpha value is -2.38. The number of aromatic nitrogens is 2. The maximum absolute atomic E-state index is 11.9. The molecule has 26 heavy (non-hydrogen) atoms. The third-order valence-electron chi connectivity index (χ3n) is 4.54. The van der Waals surface area contributed by atoms with Gasteiger partial charge < -0.3 is 20.1 Å². The van der Waals surface area contributed by atoms with Crippen molar-refractivity contribution in [2.45, 2.75) is 20.0 Å². The number of esters is 1. The summed E-state index contributed by atoms with van der Waals surface area (Å²) < 4.78 is 10.8. The SMILES string of the molecule is COC(=O)c1cc(C)c([C@H]2CN(c3cc(Cl)nnc3N)CCO2)cc1C. The van der Waals surface area contributed by atoms with Gasteiger partial charge in [-0.05, 0) is 36.6 Å². The van der Waals surface area contributed by atoms with Crippen molar-refractivity contribution in [3.8, 4) is 0 Å². The van der Waals surface area contributed by atoms with Crippen LogP contribution < -0.4 is 10.6 Å². The molecule has 1 aliphatic heterocycles. The third kappa shape index (κ3) is 3.59. The van der Waals surface area contributed by atoms with Crippen LogP contribution in [0.5, 0.6) is 0 Å². The van der Waals surface area contributed by atoms with Gasteiger partial charge in [-0.2, -0.15) is 0 Å². The number of aryl methyl sites for hydroxylation is 2. The van der Waals surface area contributed by atoms with Gasteiger partial charge in [0.2, 0.25) is 0 Å². The van der Waals surface area contributed by atoms with Gasteiger partial charge in [0.25, 0.3) is 0 Å². The van der Waals surface area contributed by atoms with Gasteiger partial charge in [0.05, 0.1) is 25.0 Å². The van der Waals surface area contributed by atoms with Crippen LogP contribution in [0, 0.1) is 13.8 Å². The summed E-state index contributed by atoms with van der Waals surface area (Å²) in [5, 5.41) is 7.94. The van der Waals surface area contributed by atoms with E-state index in [-0.39, 0.29) is 12.1 Å². The molecule has 0 unspecified atom stereocenters. The number of nitrogens with zero attached hydrogens (tertiary/aromatic N) is 3. The number of rotatable bonds is 3. The summed E-state index contributed by atoms with van der Waals surface area (Å²) in [5.41, 5.74) is 10.1. The first-order chi connectivity index (χ1) is 12.4. The predicted octanol–water partition coefficient (Wildman–Crippen LogP) is 2.69. The van der Waals surface area contributed by atoms with E-state index in [0.29, 0.717) is 36.2 Å². The Kier molecular flexibility index (Phi) is 5.29. The Labute approximate surface area is 157 Å². The van der Waals surface area contributed by atoms with E-state index in [2.05, 4.69) is 15.1 Å². The van der Waals surface area contributed by atoms with Crippen LogP contribution in [0.25, 0.3) is 0 Å². The largest absolute Gasteiger partial charge is 0.465 e. The van der Waals surface area contributed by atoms with E-state index < -0.39 is 0 Å². The molecule has 0 amide bonds. The van der Waals surface area contributed by atoms with Crippen molar-refractivity contribution in [1.82, 2.24) is 10.2 Å². The Bertz CT molecular complexity index is 843. The Morgan fingerprint density at radius 2 is 2.08 bits per heavy atom. The highest BCUT2D eigenvalue weighted by Crippen LogP contribution is 2.32. The summed E-state index contributed by atoms with van der Waals surface area (Å²) in [4.78, 5) is 14.0. The highest BCUT2D eigenvalue weighted by molar-refractivity contribution is 6.29. The monoisotopic (exact) mass is 376 g/mol. The molecular weight excluding hydrogens is 356 g/mol. The van der Waals surface area contributed by atoms with Crippen LogP contribution in [0.4, 0.5) is 11.5 Å². The maximum atomic E-state index is 11.9. The average molecular weight is 377 g/mol. The normalized spacial score (nSPS) is 17.2. The molecule has 0 saturated carbocycles. The van der Waals surface area contributed by atoms with Gasteiger partial charge >= 0.3 is 5.97 Å². The molecule has 2 aromatic rings. The molecule has 3 rings (SSSR count). The van der Waals surface area contributed by atoms with E-state index in [0.717, 1.165) is 22.4 Å². The molecule has 0 bridgehead atoms. The van der Waals surface area contributed by atoms with Gasteiger partial charge in [0.15, 0.2) is 11.0 Å². The lowest BCUT2D eigenvalue weighted by Crippen LogP contribution is -2.39. The van der Waals surface area contributed by atoms with E-state index in [1.165, 1.54) is 7.11 Å². The van der Waals surface area contributed by atoms with E-state index in [4.69, 9.17) is 26.8 Å². The number of carbonyl (C=O) groups is 1. The van der Waals surface area contributed by atoms with Gasteiger partial charge in [-0.1, -0.05) is 17.7 Å². The van der Waals surface area contributed by atoms with Crippen molar-refractivity contribution in [2.75, 3.05) is 37.4 Å². The van der Waals surface area contributed by atoms with Crippen molar-refractivity contribution in [2.24, 2.45) is 0 Å². The molecule has 0 spiro atoms. The molecule has 1 aromatic carbocycles. The number of nitrogens with two attached hydrogens (primary N) is 1. The number of carbonyl (C=O) groups excluding carboxylic acids is 1. The second kappa shape index (κ2) is 7.47. The molecule has 138 valence electrons. The van der Waals surface area contributed by atoms with Gasteiger partial charge in [0, 0.05) is 19.2 Å². The van der Waals surface area contributed by atoms with Crippen LogP contribution in [-0.4, -0.2) is 43.0 Å². The fourth-order valence-electron chi connectivity index (χ4n) is 3.19. The second-order valence-corrected chi connectivity index (χ2v) is 6.65. The van der Waals surface area contributed by atoms with E-state index in [9.17, 15) is 4.79 Å². The molecule has 8 heteroatoms. The molecule has 1 aromatic heterocycles. The predicted molar refractivity (Wildman–Crippen MR) is 99.6 cm³/mol. The first-order valence-electron chi connectivity index (χ1n) is 8.25. The third-order valence-corrected chi connectivity index (χ3v) is 4.73. The molecule has 1 saturated heterocycles. The van der Waals surface area contributed by atoms with Crippen LogP contribution >= 0.6 is 11.6 Å². The molecule has 1 fully saturated rings. The van der Waals surface area contributed by atoms with Crippen LogP contribution in [0.3, 0.4) is 0 Å². The van der Waals surface area contributed by atoms with Crippen molar-refractivity contribution in [1.29, 1.82) is 0 Å². The van der Waals surface area contributed by atoms with E-state index in [1.54, 1.807) is 6.07 Å². The van der Waals surface area contributed by atoms with Crippen LogP contribution in [0.2, 0.25) is 5.15 Å². The molecule has 7 nitrogen and oxygen atoms in total. The van der Waals surface area contributed by atoms with Crippen molar-refractivity contribution in [3.05, 3.63) is 45.6 Å². The summed E-state index contributed by atoms with van der Waals surface area (Å²) in [6.07, 6.45) is -0.152. The van der Waals surface area contributed by atoms with Crippen molar-refractivity contribution >= 4 is 29.1 Å². The van der Waals surface area contributed by atoms with Gasteiger partial charge in [0.1, 0.15) is 6.10 Å². The summed E-state index contributed by atoms with van der Waals surface area (Å²) in [7, 11) is 1.38. The van der Waals surface area contributed by atoms with Gasteiger partial charge in [-0.15, -0.1) is 10.2 Å². The minimum Gasteiger partial charge on any atom is -0.465 e. The number of hydrogen-bond acceptors (Lipinski definition) is 7. The summed E-state index contributed by atoms with van der Waals surface area (Å²) in [6.45, 7) is 5.68. The number of hydrogen-bond donors (Lipinski definition) is 1. The zero-order chi connectivity index (χ0) is 18.8. The van der Waals surface area contributed by atoms with Crippen molar-refractivity contribution < 1.29 is 14.3 Å². The molecule has 0 radical (unpaired) electrons. The maximum Gasteiger partial charge on any atom is 0.338 e. The molecule has 2 heterocycles. The molecular formula is C18H21ClN4O3. The van der Waals surface area contributed by atoms with E-state index in [1.807, 2.05) is 26.0 Å². The van der Waals surface area contributed by atoms with Crippen LogP contribution in [-0.2, 0) is 9.47 Å². The molecule has 0 aliphatic carbocycles. The number of methoxy groups -OCH3 is 1. The van der Waals surface area contributed by atoms with Crippen LogP contribution in [0.15, 0.2) is 18.2 Å². The summed E-state index contributed by atoms with van der Waals surface area (Å²) in [6, 6.07) is 5.54. The lowest BCUT2D eigenvalue weighted by molar-refractivity contribution is 0.0393. The number of nitrogen functional groups attached to an aromatic ring is 1. The Morgan fingerprint density at radius 3 is 2.81 bits per heavy atom. The summed E-state index contributed by atoms with van der Waals surface area (Å²) >= 11 is 5.97. The first kappa shape index (κ1) is 18.4. The summed E-state index contributed by atoms with van der Waals surface area (Å²) in [5.74, 6) is -0.00222. The number of morpholine rings is 1. The number of halogens is 1. The minimum absolute atomic E-state index is 0.152. The lowest BCUT2D eigenvalue weighted by Gasteiger charge is -2.35. The number of benzene rings is 1. The zero-order valence-electron chi connectivity index (χ0n) is 15.0. The average Bonchev–Trinajstić information content (AvgIpc) is 2.64. The van der Waals surface area contributed by atoms with Gasteiger partial charge in [-0.3, -0.25) is 0 Å². The first-order valence-corrected chi connectivity index (χ1v) is 8.63.